The number of carbonyl (C=O) groups excluding carboxylic acids is 1. The number of amides is 1. The Labute approximate surface area is 266 Å². The third-order valence-electron chi connectivity index (χ3n) is 8.21. The Morgan fingerprint density at radius 2 is 1.96 bits per heavy atom. The monoisotopic (exact) mass is 633 g/mol. The van der Waals surface area contributed by atoms with Gasteiger partial charge in [-0.05, 0) is 80.2 Å². The summed E-state index contributed by atoms with van der Waals surface area (Å²) in [4.78, 5) is 31.5. The lowest BCUT2D eigenvalue weighted by Gasteiger charge is -2.34. The summed E-state index contributed by atoms with van der Waals surface area (Å²) in [7, 11) is 3.51. The summed E-state index contributed by atoms with van der Waals surface area (Å²) in [6, 6.07) is 15.0. The first-order valence-electron chi connectivity index (χ1n) is 15.1. The van der Waals surface area contributed by atoms with Gasteiger partial charge in [0.25, 0.3) is 5.91 Å². The van der Waals surface area contributed by atoms with E-state index in [1.807, 2.05) is 42.6 Å². The van der Waals surface area contributed by atoms with Crippen LogP contribution in [-0.4, -0.2) is 86.1 Å². The van der Waals surface area contributed by atoms with E-state index in [0.29, 0.717) is 33.6 Å². The highest BCUT2D eigenvalue weighted by Crippen LogP contribution is 2.34. The molecule has 45 heavy (non-hydrogen) atoms. The van der Waals surface area contributed by atoms with Crippen LogP contribution in [-0.2, 0) is 9.57 Å². The van der Waals surface area contributed by atoms with Gasteiger partial charge in [-0.1, -0.05) is 0 Å². The molecule has 2 saturated heterocycles. The quantitative estimate of drug-likeness (QED) is 0.130. The maximum atomic E-state index is 13.6. The number of rotatable bonds is 11. The molecule has 0 saturated carbocycles. The number of piperazine rings is 1. The first kappa shape index (κ1) is 31.0. The van der Waals surface area contributed by atoms with Crippen molar-refractivity contribution < 1.29 is 24.3 Å². The van der Waals surface area contributed by atoms with Gasteiger partial charge in [0, 0.05) is 74.2 Å². The molecular formula is C32H39N7O5S. The van der Waals surface area contributed by atoms with E-state index in [0.717, 1.165) is 98.4 Å². The smallest absolute Gasteiger partial charge is 0.265 e. The van der Waals surface area contributed by atoms with E-state index < -0.39 is 0 Å². The molecule has 0 spiro atoms. The largest absolute Gasteiger partial charge is 0.455 e. The molecule has 0 aliphatic carbocycles. The maximum absolute atomic E-state index is 13.6. The summed E-state index contributed by atoms with van der Waals surface area (Å²) in [6.45, 7) is 5.99. The summed E-state index contributed by atoms with van der Waals surface area (Å²) < 4.78 is 14.7. The van der Waals surface area contributed by atoms with Gasteiger partial charge >= 0.3 is 0 Å². The second kappa shape index (κ2) is 14.4. The van der Waals surface area contributed by atoms with E-state index in [9.17, 15) is 10.0 Å². The highest BCUT2D eigenvalue weighted by molar-refractivity contribution is 7.98. The third-order valence-corrected chi connectivity index (χ3v) is 8.99. The van der Waals surface area contributed by atoms with Crippen LogP contribution in [0.25, 0.3) is 11.0 Å². The van der Waals surface area contributed by atoms with Gasteiger partial charge in [0.05, 0.1) is 24.6 Å². The zero-order valence-electron chi connectivity index (χ0n) is 25.5. The van der Waals surface area contributed by atoms with E-state index in [1.54, 1.807) is 18.3 Å². The number of fused-ring (bicyclic) bond motifs is 1. The topological polar surface area (TPSA) is 127 Å². The number of hydrogen-bond acceptors (Lipinski definition) is 11. The number of nitrogens with one attached hydrogen (secondary N) is 3. The molecule has 12 nitrogen and oxygen atoms in total. The molecule has 2 aromatic carbocycles. The van der Waals surface area contributed by atoms with Gasteiger partial charge < -0.3 is 29.6 Å². The van der Waals surface area contributed by atoms with Crippen LogP contribution in [0.2, 0.25) is 0 Å². The number of hydrogen-bond donors (Lipinski definition) is 4. The van der Waals surface area contributed by atoms with Crippen LogP contribution >= 0.6 is 11.9 Å². The zero-order chi connectivity index (χ0) is 31.2. The SMILES string of the molecule is CON(O)c1cc(SNC(=O)c2ccc(N3CCN(C)CC3)cc2Oc2cnc3[nH]ccc3c2)ccc1NCC1CCOCC1. The predicted molar refractivity (Wildman–Crippen MR) is 175 cm³/mol. The Morgan fingerprint density at radius 3 is 2.76 bits per heavy atom. The van der Waals surface area contributed by atoms with Gasteiger partial charge in [-0.2, -0.15) is 0 Å². The van der Waals surface area contributed by atoms with Crippen LogP contribution in [0, 0.1) is 5.92 Å². The summed E-state index contributed by atoms with van der Waals surface area (Å²) in [5.41, 5.74) is 3.32. The number of aromatic amines is 1. The molecule has 6 rings (SSSR count). The number of aromatic nitrogens is 2. The Morgan fingerprint density at radius 1 is 1.13 bits per heavy atom. The van der Waals surface area contributed by atoms with Crippen molar-refractivity contribution in [2.75, 3.05) is 75.5 Å². The van der Waals surface area contributed by atoms with Crippen molar-refractivity contribution in [3.63, 3.8) is 0 Å². The minimum absolute atomic E-state index is 0.313. The standard InChI is InChI=1S/C32H39N7O5S/c1-37-11-13-38(14-12-37)24-3-5-27(30(18-24)44-25-17-23-7-10-33-31(23)35-21-25)32(40)36-45-26-4-6-28(29(19-26)39(41)42-2)34-20-22-8-15-43-16-9-22/h3-7,10,17-19,21-22,34,41H,8-9,11-16,20H2,1-2H3,(H,33,35)(H,36,40). The van der Waals surface area contributed by atoms with Crippen LogP contribution in [0.15, 0.2) is 65.8 Å². The molecule has 0 bridgehead atoms. The molecule has 13 heteroatoms. The fraction of sp³-hybridized carbons (Fsp3) is 0.375. The van der Waals surface area contributed by atoms with Gasteiger partial charge in [-0.25, -0.2) is 4.98 Å². The minimum atomic E-state index is -0.313. The second-order valence-corrected chi connectivity index (χ2v) is 12.1. The molecule has 0 unspecified atom stereocenters. The fourth-order valence-electron chi connectivity index (χ4n) is 5.49. The van der Waals surface area contributed by atoms with Gasteiger partial charge in [0.1, 0.15) is 22.8 Å². The molecule has 1 amide bonds. The first-order valence-corrected chi connectivity index (χ1v) is 15.9. The van der Waals surface area contributed by atoms with Gasteiger partial charge in [0.2, 0.25) is 0 Å². The molecule has 2 aliphatic rings. The summed E-state index contributed by atoms with van der Waals surface area (Å²) in [5.74, 6) is 1.16. The molecule has 0 radical (unpaired) electrons. The highest BCUT2D eigenvalue weighted by Gasteiger charge is 2.21. The first-order chi connectivity index (χ1) is 22.0. The Kier molecular flexibility index (Phi) is 9.91. The normalized spacial score (nSPS) is 16.1. The van der Waals surface area contributed by atoms with Crippen molar-refractivity contribution in [2.45, 2.75) is 17.7 Å². The van der Waals surface area contributed by atoms with E-state index in [2.05, 4.69) is 36.9 Å². The molecular weight excluding hydrogens is 594 g/mol. The molecule has 2 aromatic heterocycles. The number of pyridine rings is 1. The van der Waals surface area contributed by atoms with Crippen LogP contribution in [0.4, 0.5) is 17.1 Å². The molecule has 4 heterocycles. The minimum Gasteiger partial charge on any atom is -0.455 e. The Hall–Kier alpha value is -4.01. The molecule has 238 valence electrons. The van der Waals surface area contributed by atoms with Gasteiger partial charge in [-0.3, -0.25) is 19.6 Å². The summed E-state index contributed by atoms with van der Waals surface area (Å²) >= 11 is 1.15. The fourth-order valence-corrected chi connectivity index (χ4v) is 6.12. The Bertz CT molecular complexity index is 1600. The summed E-state index contributed by atoms with van der Waals surface area (Å²) in [6.07, 6.45) is 5.46. The number of H-pyrrole nitrogens is 1. The number of ether oxygens (including phenoxy) is 2. The predicted octanol–water partition coefficient (Wildman–Crippen LogP) is 5.14. The van der Waals surface area contributed by atoms with Crippen molar-refractivity contribution >= 4 is 46.0 Å². The van der Waals surface area contributed by atoms with Crippen LogP contribution in [0.3, 0.4) is 0 Å². The van der Waals surface area contributed by atoms with E-state index in [4.69, 9.17) is 14.3 Å². The second-order valence-electron chi connectivity index (χ2n) is 11.3. The van der Waals surface area contributed by atoms with E-state index >= 15 is 0 Å². The van der Waals surface area contributed by atoms with Crippen molar-refractivity contribution in [3.8, 4) is 11.5 Å². The number of likely N-dealkylation sites (N-methyl/N-ethyl adjacent to an activating group) is 1. The van der Waals surface area contributed by atoms with Crippen LogP contribution in [0.5, 0.6) is 11.5 Å². The number of benzene rings is 2. The zero-order valence-corrected chi connectivity index (χ0v) is 26.3. The average molecular weight is 634 g/mol. The van der Waals surface area contributed by atoms with Crippen molar-refractivity contribution in [2.24, 2.45) is 5.92 Å². The van der Waals surface area contributed by atoms with E-state index in [-0.39, 0.29) is 5.91 Å². The molecule has 0 atom stereocenters. The third kappa shape index (κ3) is 7.63. The lowest BCUT2D eigenvalue weighted by Crippen LogP contribution is -2.44. The van der Waals surface area contributed by atoms with Gasteiger partial charge in [0.15, 0.2) is 0 Å². The van der Waals surface area contributed by atoms with Gasteiger partial charge in [-0.15, -0.1) is 5.23 Å². The molecule has 2 aliphatic heterocycles. The lowest BCUT2D eigenvalue weighted by molar-refractivity contribution is -0.0107. The number of carbonyl (C=O) groups is 1. The van der Waals surface area contributed by atoms with Crippen LogP contribution in [0.1, 0.15) is 23.2 Å². The highest BCUT2D eigenvalue weighted by atomic mass is 32.2. The molecule has 4 N–H and O–H groups in total. The van der Waals surface area contributed by atoms with Crippen molar-refractivity contribution in [3.05, 3.63) is 66.5 Å². The number of anilines is 3. The molecule has 2 fully saturated rings. The molecule has 4 aromatic rings. The summed E-state index contributed by atoms with van der Waals surface area (Å²) in [5, 5.41) is 15.5. The van der Waals surface area contributed by atoms with E-state index in [1.165, 1.54) is 7.11 Å². The van der Waals surface area contributed by atoms with Crippen LogP contribution < -0.4 is 24.9 Å². The van der Waals surface area contributed by atoms with Crippen molar-refractivity contribution in [1.29, 1.82) is 0 Å². The van der Waals surface area contributed by atoms with Crippen molar-refractivity contribution in [1.82, 2.24) is 19.6 Å². The maximum Gasteiger partial charge on any atom is 0.265 e. The average Bonchev–Trinajstić information content (AvgIpc) is 3.55. The number of nitrogens with zero attached hydrogens (tertiary/aromatic N) is 4. The lowest BCUT2D eigenvalue weighted by atomic mass is 10.0. The Balaban J connectivity index is 1.19.